The molecule has 0 aromatic carbocycles. The van der Waals surface area contributed by atoms with E-state index in [4.69, 9.17) is 0 Å². The minimum Gasteiger partial charge on any atom is -0.391 e. The number of aliphatic hydroxyl groups excluding tert-OH is 1. The minimum atomic E-state index is -0.331. The lowest BCUT2D eigenvalue weighted by Gasteiger charge is -2.15. The third-order valence-corrected chi connectivity index (χ3v) is 2.87. The van der Waals surface area contributed by atoms with E-state index in [1.54, 1.807) is 17.3 Å². The molecule has 1 saturated heterocycles. The van der Waals surface area contributed by atoms with Crippen molar-refractivity contribution in [1.29, 1.82) is 0 Å². The average molecular weight is 220 g/mol. The predicted octanol–water partition coefficient (Wildman–Crippen LogP) is 0.607. The standard InChI is InChI=1S/C12H16N2O2/c15-11-5-7-14(9-11)12(16)4-3-10-2-1-6-13-8-10/h1-2,6,8,11,15H,3-5,7,9H2/t11-/m1/s1. The van der Waals surface area contributed by atoms with Crippen molar-refractivity contribution in [2.45, 2.75) is 25.4 Å². The number of aliphatic hydroxyl groups is 1. The van der Waals surface area contributed by atoms with E-state index in [1.807, 2.05) is 12.1 Å². The van der Waals surface area contributed by atoms with Crippen molar-refractivity contribution < 1.29 is 9.90 Å². The van der Waals surface area contributed by atoms with Crippen molar-refractivity contribution in [2.75, 3.05) is 13.1 Å². The third-order valence-electron chi connectivity index (χ3n) is 2.87. The van der Waals surface area contributed by atoms with Gasteiger partial charge in [-0.25, -0.2) is 0 Å². The maximum atomic E-state index is 11.8. The molecule has 1 aliphatic heterocycles. The molecule has 0 unspecified atom stereocenters. The number of rotatable bonds is 3. The van der Waals surface area contributed by atoms with Crippen molar-refractivity contribution in [3.8, 4) is 0 Å². The molecule has 0 spiro atoms. The molecule has 2 rings (SSSR count). The number of aromatic nitrogens is 1. The Morgan fingerprint density at radius 1 is 1.62 bits per heavy atom. The summed E-state index contributed by atoms with van der Waals surface area (Å²) in [4.78, 5) is 17.5. The molecule has 16 heavy (non-hydrogen) atoms. The highest BCUT2D eigenvalue weighted by molar-refractivity contribution is 5.76. The Balaban J connectivity index is 1.80. The Hall–Kier alpha value is -1.42. The molecule has 1 aliphatic rings. The molecular formula is C12H16N2O2. The smallest absolute Gasteiger partial charge is 0.222 e. The molecule has 1 N–H and O–H groups in total. The van der Waals surface area contributed by atoms with Gasteiger partial charge in [-0.05, 0) is 24.5 Å². The number of hydrogen-bond donors (Lipinski definition) is 1. The van der Waals surface area contributed by atoms with Gasteiger partial charge in [-0.2, -0.15) is 0 Å². The molecule has 0 bridgehead atoms. The van der Waals surface area contributed by atoms with Gasteiger partial charge in [-0.15, -0.1) is 0 Å². The molecule has 2 heterocycles. The van der Waals surface area contributed by atoms with Gasteiger partial charge >= 0.3 is 0 Å². The number of amides is 1. The number of aryl methyl sites for hydroxylation is 1. The van der Waals surface area contributed by atoms with Crippen LogP contribution in [0.2, 0.25) is 0 Å². The van der Waals surface area contributed by atoms with E-state index in [2.05, 4.69) is 4.98 Å². The summed E-state index contributed by atoms with van der Waals surface area (Å²) in [5.41, 5.74) is 1.08. The lowest BCUT2D eigenvalue weighted by Crippen LogP contribution is -2.29. The topological polar surface area (TPSA) is 53.4 Å². The first-order chi connectivity index (χ1) is 7.75. The highest BCUT2D eigenvalue weighted by Gasteiger charge is 2.23. The van der Waals surface area contributed by atoms with Crippen LogP contribution in [0.1, 0.15) is 18.4 Å². The number of pyridine rings is 1. The van der Waals surface area contributed by atoms with Crippen LogP contribution in [0.25, 0.3) is 0 Å². The van der Waals surface area contributed by atoms with Crippen molar-refractivity contribution >= 4 is 5.91 Å². The van der Waals surface area contributed by atoms with Gasteiger partial charge < -0.3 is 10.0 Å². The molecule has 0 aliphatic carbocycles. The highest BCUT2D eigenvalue weighted by atomic mass is 16.3. The number of carbonyl (C=O) groups is 1. The molecule has 4 heteroatoms. The van der Waals surface area contributed by atoms with Crippen LogP contribution < -0.4 is 0 Å². The quantitative estimate of drug-likeness (QED) is 0.812. The Morgan fingerprint density at radius 2 is 2.50 bits per heavy atom. The Bertz CT molecular complexity index is 353. The summed E-state index contributed by atoms with van der Waals surface area (Å²) < 4.78 is 0. The fourth-order valence-corrected chi connectivity index (χ4v) is 1.92. The van der Waals surface area contributed by atoms with Crippen molar-refractivity contribution in [1.82, 2.24) is 9.88 Å². The SMILES string of the molecule is O=C(CCc1cccnc1)N1CC[C@@H](O)C1. The summed E-state index contributed by atoms with van der Waals surface area (Å²) in [6.45, 7) is 1.18. The second kappa shape index (κ2) is 5.07. The molecule has 1 aromatic rings. The summed E-state index contributed by atoms with van der Waals surface area (Å²) in [6.07, 6.45) is 5.10. The van der Waals surface area contributed by atoms with Crippen LogP contribution in [0.4, 0.5) is 0 Å². The lowest BCUT2D eigenvalue weighted by molar-refractivity contribution is -0.130. The fourth-order valence-electron chi connectivity index (χ4n) is 1.92. The monoisotopic (exact) mass is 220 g/mol. The Kier molecular flexibility index (Phi) is 3.51. The summed E-state index contributed by atoms with van der Waals surface area (Å²) in [5, 5.41) is 9.33. The van der Waals surface area contributed by atoms with Crippen LogP contribution in [0.15, 0.2) is 24.5 Å². The number of hydrogen-bond acceptors (Lipinski definition) is 3. The zero-order valence-electron chi connectivity index (χ0n) is 9.17. The van der Waals surface area contributed by atoms with Gasteiger partial charge in [0.1, 0.15) is 0 Å². The molecule has 1 fully saturated rings. The van der Waals surface area contributed by atoms with Gasteiger partial charge in [0.25, 0.3) is 0 Å². The number of carbonyl (C=O) groups excluding carboxylic acids is 1. The van der Waals surface area contributed by atoms with Gasteiger partial charge in [-0.3, -0.25) is 9.78 Å². The minimum absolute atomic E-state index is 0.125. The number of nitrogens with zero attached hydrogens (tertiary/aromatic N) is 2. The zero-order chi connectivity index (χ0) is 11.4. The normalized spacial score (nSPS) is 20.1. The van der Waals surface area contributed by atoms with Gasteiger partial charge in [0.15, 0.2) is 0 Å². The Morgan fingerprint density at radius 3 is 3.12 bits per heavy atom. The van der Waals surface area contributed by atoms with E-state index in [0.717, 1.165) is 12.0 Å². The molecule has 1 amide bonds. The van der Waals surface area contributed by atoms with Crippen LogP contribution in [0, 0.1) is 0 Å². The van der Waals surface area contributed by atoms with Crippen molar-refractivity contribution in [2.24, 2.45) is 0 Å². The average Bonchev–Trinajstić information content (AvgIpc) is 2.74. The maximum Gasteiger partial charge on any atom is 0.222 e. The summed E-state index contributed by atoms with van der Waals surface area (Å²) in [5.74, 6) is 0.125. The Labute approximate surface area is 94.9 Å². The molecule has 86 valence electrons. The van der Waals surface area contributed by atoms with E-state index in [9.17, 15) is 9.90 Å². The van der Waals surface area contributed by atoms with Gasteiger partial charge in [0.2, 0.25) is 5.91 Å². The predicted molar refractivity (Wildman–Crippen MR) is 59.8 cm³/mol. The number of likely N-dealkylation sites (tertiary alicyclic amines) is 1. The van der Waals surface area contributed by atoms with Crippen LogP contribution in [-0.4, -0.2) is 40.1 Å². The molecule has 0 radical (unpaired) electrons. The van der Waals surface area contributed by atoms with Crippen LogP contribution in [-0.2, 0) is 11.2 Å². The lowest BCUT2D eigenvalue weighted by atomic mass is 10.1. The molecule has 1 atom stereocenters. The van der Waals surface area contributed by atoms with Gasteiger partial charge in [0.05, 0.1) is 6.10 Å². The maximum absolute atomic E-state index is 11.8. The van der Waals surface area contributed by atoms with Crippen molar-refractivity contribution in [3.05, 3.63) is 30.1 Å². The van der Waals surface area contributed by atoms with Gasteiger partial charge in [-0.1, -0.05) is 6.07 Å². The summed E-state index contributed by atoms with van der Waals surface area (Å²) >= 11 is 0. The van der Waals surface area contributed by atoms with Gasteiger partial charge in [0, 0.05) is 31.9 Å². The second-order valence-corrected chi connectivity index (χ2v) is 4.14. The number of β-amino-alcohol motifs (C(OH)–C–C–N with tert-alkyl or cyclic N) is 1. The highest BCUT2D eigenvalue weighted by Crippen LogP contribution is 2.11. The van der Waals surface area contributed by atoms with Crippen LogP contribution in [0.3, 0.4) is 0 Å². The van der Waals surface area contributed by atoms with E-state index >= 15 is 0 Å². The molecular weight excluding hydrogens is 204 g/mol. The van der Waals surface area contributed by atoms with E-state index < -0.39 is 0 Å². The molecule has 1 aromatic heterocycles. The second-order valence-electron chi connectivity index (χ2n) is 4.14. The summed E-state index contributed by atoms with van der Waals surface area (Å²) in [7, 11) is 0. The van der Waals surface area contributed by atoms with E-state index in [0.29, 0.717) is 25.9 Å². The fraction of sp³-hybridized carbons (Fsp3) is 0.500. The molecule has 4 nitrogen and oxygen atoms in total. The third kappa shape index (κ3) is 2.79. The molecule has 0 saturated carbocycles. The van der Waals surface area contributed by atoms with Crippen LogP contribution in [0.5, 0.6) is 0 Å². The largest absolute Gasteiger partial charge is 0.391 e. The zero-order valence-corrected chi connectivity index (χ0v) is 9.17. The summed E-state index contributed by atoms with van der Waals surface area (Å²) in [6, 6.07) is 3.85. The first kappa shape index (κ1) is 11.1. The first-order valence-electron chi connectivity index (χ1n) is 5.60. The van der Waals surface area contributed by atoms with E-state index in [1.165, 1.54) is 0 Å². The van der Waals surface area contributed by atoms with E-state index in [-0.39, 0.29) is 12.0 Å². The first-order valence-corrected chi connectivity index (χ1v) is 5.60. The van der Waals surface area contributed by atoms with Crippen LogP contribution >= 0.6 is 0 Å². The van der Waals surface area contributed by atoms with Crippen molar-refractivity contribution in [3.63, 3.8) is 0 Å².